The molecule has 2 aromatic rings. The van der Waals surface area contributed by atoms with E-state index in [1.165, 1.54) is 4.88 Å². The maximum atomic E-state index is 8.80. The topological polar surface area (TPSA) is 66.5 Å². The van der Waals surface area contributed by atoms with Gasteiger partial charge in [-0.25, -0.2) is 0 Å². The van der Waals surface area contributed by atoms with Crippen molar-refractivity contribution < 1.29 is 0 Å². The number of rotatable bonds is 3. The first-order chi connectivity index (χ1) is 12.7. The van der Waals surface area contributed by atoms with Crippen LogP contribution in [0.25, 0.3) is 0 Å². The Morgan fingerprint density at radius 3 is 2.44 bits per heavy atom. The lowest BCUT2D eigenvalue weighted by atomic mass is 10.00. The summed E-state index contributed by atoms with van der Waals surface area (Å²) in [5, 5.41) is 18.7. The molecule has 0 saturated carbocycles. The third-order valence-electron chi connectivity index (χ3n) is 4.64. The van der Waals surface area contributed by atoms with E-state index in [9.17, 15) is 0 Å². The minimum atomic E-state index is -0.356. The van der Waals surface area contributed by atoms with Gasteiger partial charge in [-0.15, -0.1) is 11.3 Å². The van der Waals surface area contributed by atoms with Gasteiger partial charge in [-0.1, -0.05) is 23.7 Å². The van der Waals surface area contributed by atoms with Gasteiger partial charge in [-0.2, -0.15) is 0 Å². The van der Waals surface area contributed by atoms with E-state index < -0.39 is 0 Å². The van der Waals surface area contributed by atoms with Gasteiger partial charge in [0.2, 0.25) is 0 Å². The smallest absolute Gasteiger partial charge is 0.133 e. The van der Waals surface area contributed by atoms with E-state index in [1.807, 2.05) is 43.3 Å². The van der Waals surface area contributed by atoms with Crippen molar-refractivity contribution in [2.45, 2.75) is 26.8 Å². The molecule has 0 spiro atoms. The van der Waals surface area contributed by atoms with Gasteiger partial charge < -0.3 is 4.90 Å². The fourth-order valence-electron chi connectivity index (χ4n) is 3.22. The van der Waals surface area contributed by atoms with E-state index in [4.69, 9.17) is 27.4 Å². The van der Waals surface area contributed by atoms with Crippen LogP contribution in [0.15, 0.2) is 29.3 Å². The molecule has 0 saturated heterocycles. The van der Waals surface area contributed by atoms with Crippen molar-refractivity contribution in [2.75, 3.05) is 25.5 Å². The van der Waals surface area contributed by atoms with Crippen LogP contribution in [0.1, 0.15) is 28.5 Å². The molecule has 2 heterocycles. The van der Waals surface area contributed by atoms with Crippen molar-refractivity contribution in [1.82, 2.24) is 4.90 Å². The molecule has 7 heteroatoms. The third kappa shape index (κ3) is 3.70. The Morgan fingerprint density at radius 2 is 1.89 bits per heavy atom. The van der Waals surface area contributed by atoms with Gasteiger partial charge in [0.15, 0.2) is 0 Å². The highest BCUT2D eigenvalue weighted by molar-refractivity contribution is 7.17. The van der Waals surface area contributed by atoms with Crippen molar-refractivity contribution in [3.8, 4) is 0 Å². The molecule has 27 heavy (non-hydrogen) atoms. The summed E-state index contributed by atoms with van der Waals surface area (Å²) in [5.41, 5.74) is 4.00. The van der Waals surface area contributed by atoms with Crippen LogP contribution in [0.4, 0.5) is 5.00 Å². The summed E-state index contributed by atoms with van der Waals surface area (Å²) in [7, 11) is 3.95. The van der Waals surface area contributed by atoms with Crippen LogP contribution in [0.2, 0.25) is 5.02 Å². The molecule has 0 fully saturated rings. The molecule has 0 bridgehead atoms. The molecule has 0 amide bonds. The number of likely N-dealkylation sites (N-methyl/N-ethyl adjacent to an activating group) is 1. The van der Waals surface area contributed by atoms with Gasteiger partial charge in [0, 0.05) is 27.6 Å². The summed E-state index contributed by atoms with van der Waals surface area (Å²) in [5.74, 6) is 0.668. The predicted octanol–water partition coefficient (Wildman–Crippen LogP) is 4.58. The van der Waals surface area contributed by atoms with Crippen LogP contribution in [-0.4, -0.2) is 49.0 Å². The zero-order chi connectivity index (χ0) is 19.9. The number of aliphatic imine (C=N–C) groups is 1. The molecular weight excluding hydrogens is 378 g/mol. The van der Waals surface area contributed by atoms with Crippen molar-refractivity contribution in [3.63, 3.8) is 0 Å². The minimum Gasteiger partial charge on any atom is -0.307 e. The zero-order valence-corrected chi connectivity index (χ0v) is 17.8. The molecule has 1 aliphatic rings. The first kappa shape index (κ1) is 19.7. The fraction of sp³-hybridized carbons (Fsp3) is 0.350. The van der Waals surface area contributed by atoms with Crippen LogP contribution in [0.5, 0.6) is 0 Å². The first-order valence-corrected chi connectivity index (χ1v) is 9.92. The molecule has 1 aromatic heterocycles. The quantitative estimate of drug-likeness (QED) is 0.583. The number of nitrogens with zero attached hydrogens (tertiary/aromatic N) is 3. The molecule has 2 N–H and O–H groups in total. The van der Waals surface area contributed by atoms with Gasteiger partial charge in [0.1, 0.15) is 22.7 Å². The van der Waals surface area contributed by atoms with Gasteiger partial charge >= 0.3 is 0 Å². The highest BCUT2D eigenvalue weighted by Gasteiger charge is 2.33. The summed E-state index contributed by atoms with van der Waals surface area (Å²) < 4.78 is 0. The molecular formula is C20H24ClN5S. The maximum Gasteiger partial charge on any atom is 0.133 e. The average molecular weight is 402 g/mol. The molecule has 1 atom stereocenters. The van der Waals surface area contributed by atoms with E-state index in [0.29, 0.717) is 23.2 Å². The van der Waals surface area contributed by atoms with Crippen LogP contribution in [0.3, 0.4) is 0 Å². The summed E-state index contributed by atoms with van der Waals surface area (Å²) in [6.45, 7) is 6.49. The van der Waals surface area contributed by atoms with Crippen LogP contribution >= 0.6 is 22.9 Å². The number of benzene rings is 1. The second-order valence-electron chi connectivity index (χ2n) is 7.03. The summed E-state index contributed by atoms with van der Waals surface area (Å²) in [6.07, 6.45) is 0. The molecule has 0 aliphatic carbocycles. The average Bonchev–Trinajstić information content (AvgIpc) is 2.80. The Labute approximate surface area is 169 Å². The second kappa shape index (κ2) is 7.54. The molecule has 0 radical (unpaired) electrons. The Bertz CT molecular complexity index is 927. The van der Waals surface area contributed by atoms with Crippen molar-refractivity contribution in [1.29, 1.82) is 10.8 Å². The van der Waals surface area contributed by atoms with Gasteiger partial charge in [-0.3, -0.25) is 20.7 Å². The molecule has 1 aliphatic heterocycles. The van der Waals surface area contributed by atoms with Gasteiger partial charge in [0.05, 0.1) is 5.71 Å². The molecule has 1 aromatic carbocycles. The Hall–Kier alpha value is -2.02. The predicted molar refractivity (Wildman–Crippen MR) is 117 cm³/mol. The number of nitrogens with one attached hydrogen (secondary N) is 2. The van der Waals surface area contributed by atoms with E-state index in [2.05, 4.69) is 13.8 Å². The van der Waals surface area contributed by atoms with E-state index >= 15 is 0 Å². The van der Waals surface area contributed by atoms with Crippen molar-refractivity contribution in [3.05, 3.63) is 50.9 Å². The monoisotopic (exact) mass is 401 g/mol. The third-order valence-corrected chi connectivity index (χ3v) is 6.08. The molecule has 1 unspecified atom stereocenters. The SMILES string of the molecule is CC(=N)N1C(=N)C(CN(C)C)N=C(c2ccc(Cl)cc2)c2c1sc(C)c2C. The summed E-state index contributed by atoms with van der Waals surface area (Å²) >= 11 is 7.71. The Morgan fingerprint density at radius 1 is 1.26 bits per heavy atom. The lowest BCUT2D eigenvalue weighted by Gasteiger charge is -2.26. The molecule has 5 nitrogen and oxygen atoms in total. The van der Waals surface area contributed by atoms with Gasteiger partial charge in [-0.05, 0) is 52.6 Å². The number of aryl methyl sites for hydroxylation is 1. The number of halogens is 1. The summed E-state index contributed by atoms with van der Waals surface area (Å²) in [6, 6.07) is 7.32. The van der Waals surface area contributed by atoms with E-state index in [1.54, 1.807) is 23.2 Å². The highest BCUT2D eigenvalue weighted by atomic mass is 35.5. The lowest BCUT2D eigenvalue weighted by molar-refractivity contribution is 0.402. The van der Waals surface area contributed by atoms with Crippen LogP contribution in [0, 0.1) is 24.7 Å². The Balaban J connectivity index is 2.29. The van der Waals surface area contributed by atoms with Crippen LogP contribution < -0.4 is 4.90 Å². The lowest BCUT2D eigenvalue weighted by Crippen LogP contribution is -2.43. The minimum absolute atomic E-state index is 0.332. The largest absolute Gasteiger partial charge is 0.307 e. The Kier molecular flexibility index (Phi) is 5.51. The van der Waals surface area contributed by atoms with Crippen molar-refractivity contribution in [2.24, 2.45) is 4.99 Å². The normalized spacial score (nSPS) is 17.0. The van der Waals surface area contributed by atoms with E-state index in [-0.39, 0.29) is 6.04 Å². The van der Waals surface area contributed by atoms with Crippen LogP contribution in [-0.2, 0) is 0 Å². The standard InChI is InChI=1S/C20H24ClN5S/c1-11-12(2)27-20-17(11)18(14-6-8-15(21)9-7-14)24-16(10-25(4)5)19(23)26(20)13(3)22/h6-9,16,22-23H,10H2,1-5H3. The molecule has 142 valence electrons. The molecule has 3 rings (SSSR count). The number of anilines is 1. The highest BCUT2D eigenvalue weighted by Crippen LogP contribution is 2.39. The number of hydrogen-bond acceptors (Lipinski definition) is 5. The van der Waals surface area contributed by atoms with Crippen molar-refractivity contribution >= 4 is 45.3 Å². The second-order valence-corrected chi connectivity index (χ2v) is 8.67. The first-order valence-electron chi connectivity index (χ1n) is 8.73. The maximum absolute atomic E-state index is 8.80. The number of hydrogen-bond donors (Lipinski definition) is 2. The summed E-state index contributed by atoms with van der Waals surface area (Å²) in [4.78, 5) is 9.96. The number of thiophene rings is 1. The van der Waals surface area contributed by atoms with Gasteiger partial charge in [0.25, 0.3) is 0 Å². The number of fused-ring (bicyclic) bond motifs is 1. The van der Waals surface area contributed by atoms with E-state index in [0.717, 1.165) is 27.4 Å². The number of amidine groups is 2. The zero-order valence-electron chi connectivity index (χ0n) is 16.2. The fourth-order valence-corrected chi connectivity index (χ4v) is 4.57.